The van der Waals surface area contributed by atoms with E-state index in [2.05, 4.69) is 13.2 Å². The maximum Gasteiger partial charge on any atom is 1.00 e. The van der Waals surface area contributed by atoms with Crippen molar-refractivity contribution in [2.24, 2.45) is 0 Å². The van der Waals surface area contributed by atoms with Gasteiger partial charge in [-0.3, -0.25) is 0 Å². The maximum absolute atomic E-state index is 13.0. The Balaban J connectivity index is 0.0000292. The van der Waals surface area contributed by atoms with Crippen LogP contribution in [0.2, 0.25) is 0 Å². The number of carbonyl (C=O) groups excluding carboxylic acids is 2. The third kappa shape index (κ3) is 30.9. The second-order valence-corrected chi connectivity index (χ2v) is 16.5. The SMILES string of the molecule is C=CCCCCCCCCCCCCCCCCCOC(=O)c1cccc(S(=O)(=O)[O-])c1C(=O)OCCCCCCCCCCCCCCCCCC=C.[K+]. The monoisotopic (exact) mass is 813 g/mol. The fraction of sp³-hybridized carbons (Fsp3) is 0.739. The molecule has 1 aromatic carbocycles. The second-order valence-electron chi connectivity index (χ2n) is 15.2. The molecule has 55 heavy (non-hydrogen) atoms. The van der Waals surface area contributed by atoms with Crippen LogP contribution in [0.1, 0.15) is 226 Å². The average Bonchev–Trinajstić information content (AvgIpc) is 3.16. The Bertz CT molecular complexity index is 1220. The summed E-state index contributed by atoms with van der Waals surface area (Å²) in [4.78, 5) is 25.2. The molecule has 0 N–H and O–H groups in total. The Hall–Kier alpha value is -0.814. The molecule has 0 atom stereocenters. The van der Waals surface area contributed by atoms with Crippen molar-refractivity contribution in [3.8, 4) is 0 Å². The van der Waals surface area contributed by atoms with Gasteiger partial charge in [0, 0.05) is 0 Å². The third-order valence-corrected chi connectivity index (χ3v) is 11.2. The standard InChI is InChI=1S/C46H78O7S.K/c1-3-5-7-9-11-13-15-17-19-21-23-25-27-29-31-33-35-40-52-45(47)42-38-37-39-43(54(49,50)51)44(42)46(48)53-41-36-34-32-30-28-26-24-22-20-18-16-14-12-10-8-6-4-2;/h3-4,37-39H,1-2,5-36,40-41H2,(H,49,50,51);/q;+1/p-1. The minimum Gasteiger partial charge on any atom is -0.744 e. The summed E-state index contributed by atoms with van der Waals surface area (Å²) in [6.45, 7) is 7.80. The predicted octanol–water partition coefficient (Wildman–Crippen LogP) is 10.8. The van der Waals surface area contributed by atoms with Crippen LogP contribution in [0.25, 0.3) is 0 Å². The first-order chi connectivity index (χ1) is 26.3. The van der Waals surface area contributed by atoms with Gasteiger partial charge in [-0.15, -0.1) is 13.2 Å². The number of unbranched alkanes of at least 4 members (excludes halogenated alkanes) is 30. The van der Waals surface area contributed by atoms with E-state index in [1.807, 2.05) is 12.2 Å². The molecular weight excluding hydrogens is 736 g/mol. The van der Waals surface area contributed by atoms with E-state index in [1.165, 1.54) is 153 Å². The summed E-state index contributed by atoms with van der Waals surface area (Å²) in [7, 11) is -5.01. The summed E-state index contributed by atoms with van der Waals surface area (Å²) in [5.41, 5.74) is -0.778. The number of rotatable bonds is 39. The van der Waals surface area contributed by atoms with E-state index in [4.69, 9.17) is 9.47 Å². The van der Waals surface area contributed by atoms with Crippen molar-refractivity contribution in [3.63, 3.8) is 0 Å². The number of hydrogen-bond donors (Lipinski definition) is 0. The number of benzene rings is 1. The van der Waals surface area contributed by atoms with Gasteiger partial charge in [-0.2, -0.15) is 0 Å². The van der Waals surface area contributed by atoms with Crippen LogP contribution in [0, 0.1) is 0 Å². The normalized spacial score (nSPS) is 11.2. The molecule has 0 fully saturated rings. The Kier molecular flexibility index (Phi) is 38.1. The summed E-state index contributed by atoms with van der Waals surface area (Å²) in [6, 6.07) is 3.63. The van der Waals surface area contributed by atoms with Crippen molar-refractivity contribution in [2.75, 3.05) is 13.2 Å². The van der Waals surface area contributed by atoms with E-state index < -0.39 is 32.5 Å². The van der Waals surface area contributed by atoms with Gasteiger partial charge in [0.15, 0.2) is 0 Å². The molecule has 1 aromatic rings. The van der Waals surface area contributed by atoms with Gasteiger partial charge in [0.25, 0.3) is 0 Å². The summed E-state index contributed by atoms with van der Waals surface area (Å²) >= 11 is 0. The number of carbonyl (C=O) groups is 2. The number of allylic oxidation sites excluding steroid dienone is 2. The Labute approximate surface area is 380 Å². The fourth-order valence-corrected chi connectivity index (χ4v) is 7.67. The molecule has 0 aliphatic carbocycles. The number of esters is 2. The van der Waals surface area contributed by atoms with Crippen LogP contribution in [0.5, 0.6) is 0 Å². The van der Waals surface area contributed by atoms with Crippen LogP contribution in [0.4, 0.5) is 0 Å². The molecule has 0 saturated carbocycles. The summed E-state index contributed by atoms with van der Waals surface area (Å²) < 4.78 is 46.7. The van der Waals surface area contributed by atoms with Crippen LogP contribution in [-0.2, 0) is 19.6 Å². The molecule has 0 bridgehead atoms. The minimum atomic E-state index is -5.01. The molecule has 0 aliphatic rings. The van der Waals surface area contributed by atoms with Crippen LogP contribution in [0.15, 0.2) is 48.4 Å². The van der Waals surface area contributed by atoms with E-state index in [9.17, 15) is 22.6 Å². The fourth-order valence-electron chi connectivity index (χ4n) is 6.98. The third-order valence-electron chi connectivity index (χ3n) is 10.3. The van der Waals surface area contributed by atoms with Crippen LogP contribution < -0.4 is 51.4 Å². The molecule has 7 nitrogen and oxygen atoms in total. The quantitative estimate of drug-likeness (QED) is 0.0214. The molecular formula is C46H77KO7S. The molecule has 0 radical (unpaired) electrons. The van der Waals surface area contributed by atoms with Crippen molar-refractivity contribution in [2.45, 2.75) is 210 Å². The zero-order valence-electron chi connectivity index (χ0n) is 35.1. The Morgan fingerprint density at radius 2 is 0.782 bits per heavy atom. The molecule has 310 valence electrons. The Morgan fingerprint density at radius 1 is 0.491 bits per heavy atom. The molecule has 0 amide bonds. The largest absolute Gasteiger partial charge is 1.00 e. The molecule has 0 aromatic heterocycles. The van der Waals surface area contributed by atoms with Crippen LogP contribution in [0.3, 0.4) is 0 Å². The second kappa shape index (κ2) is 38.7. The molecule has 9 heteroatoms. The zero-order chi connectivity index (χ0) is 39.4. The zero-order valence-corrected chi connectivity index (χ0v) is 39.0. The van der Waals surface area contributed by atoms with Gasteiger partial charge in [-0.05, 0) is 50.7 Å². The molecule has 1 rings (SSSR count). The van der Waals surface area contributed by atoms with E-state index in [0.717, 1.165) is 57.4 Å². The van der Waals surface area contributed by atoms with E-state index >= 15 is 0 Å². The molecule has 0 unspecified atom stereocenters. The van der Waals surface area contributed by atoms with Crippen molar-refractivity contribution in [1.29, 1.82) is 0 Å². The van der Waals surface area contributed by atoms with Gasteiger partial charge in [0.2, 0.25) is 0 Å². The average molecular weight is 813 g/mol. The predicted molar refractivity (Wildman–Crippen MR) is 223 cm³/mol. The topological polar surface area (TPSA) is 110 Å². The first-order valence-corrected chi connectivity index (χ1v) is 23.4. The van der Waals surface area contributed by atoms with Crippen LogP contribution in [-0.4, -0.2) is 38.1 Å². The van der Waals surface area contributed by atoms with Gasteiger partial charge >= 0.3 is 63.3 Å². The summed E-state index contributed by atoms with van der Waals surface area (Å²) in [6.07, 6.45) is 42.5. The Morgan fingerprint density at radius 3 is 1.09 bits per heavy atom. The molecule has 0 aliphatic heterocycles. The molecule has 0 heterocycles. The van der Waals surface area contributed by atoms with E-state index in [0.29, 0.717) is 12.8 Å². The minimum absolute atomic E-state index is 0. The molecule has 0 spiro atoms. The molecule has 0 saturated heterocycles. The smallest absolute Gasteiger partial charge is 0.744 e. The first kappa shape index (κ1) is 54.2. The van der Waals surface area contributed by atoms with E-state index in [1.54, 1.807) is 0 Å². The van der Waals surface area contributed by atoms with Gasteiger partial charge < -0.3 is 14.0 Å². The number of ether oxygens (including phenoxy) is 2. The van der Waals surface area contributed by atoms with E-state index in [-0.39, 0.29) is 70.2 Å². The number of hydrogen-bond acceptors (Lipinski definition) is 7. The van der Waals surface area contributed by atoms with Gasteiger partial charge in [0.05, 0.1) is 29.2 Å². The summed E-state index contributed by atoms with van der Waals surface area (Å²) in [5.74, 6) is -1.81. The van der Waals surface area contributed by atoms with Gasteiger partial charge in [0.1, 0.15) is 10.1 Å². The van der Waals surface area contributed by atoms with Crippen molar-refractivity contribution in [3.05, 3.63) is 54.6 Å². The van der Waals surface area contributed by atoms with Crippen LogP contribution >= 0.6 is 0 Å². The van der Waals surface area contributed by atoms with Crippen molar-refractivity contribution in [1.82, 2.24) is 0 Å². The maximum atomic E-state index is 13.0. The van der Waals surface area contributed by atoms with Gasteiger partial charge in [-0.25, -0.2) is 18.0 Å². The van der Waals surface area contributed by atoms with Crippen molar-refractivity contribution < 1.29 is 83.4 Å². The summed E-state index contributed by atoms with van der Waals surface area (Å²) in [5, 5.41) is 0. The van der Waals surface area contributed by atoms with Gasteiger partial charge in [-0.1, -0.05) is 185 Å². The first-order valence-electron chi connectivity index (χ1n) is 22.0. The van der Waals surface area contributed by atoms with Crippen molar-refractivity contribution >= 4 is 22.1 Å².